The number of carbonyl (C=O) groups is 3. The SMILES string of the molecule is COC(=O)C(CCCCNC(=O)Nc1cccc(I)c1)NC(C)=O. The zero-order chi connectivity index (χ0) is 17.9. The summed E-state index contributed by atoms with van der Waals surface area (Å²) in [6, 6.07) is 6.57. The number of ether oxygens (including phenoxy) is 1. The molecule has 0 saturated carbocycles. The smallest absolute Gasteiger partial charge is 0.328 e. The number of benzene rings is 1. The van der Waals surface area contributed by atoms with Crippen molar-refractivity contribution in [3.63, 3.8) is 0 Å². The first-order chi connectivity index (χ1) is 11.4. The van der Waals surface area contributed by atoms with Gasteiger partial charge < -0.3 is 20.7 Å². The Labute approximate surface area is 155 Å². The van der Waals surface area contributed by atoms with Gasteiger partial charge in [0.1, 0.15) is 6.04 Å². The lowest BCUT2D eigenvalue weighted by Gasteiger charge is -2.15. The second-order valence-electron chi connectivity index (χ2n) is 5.16. The van der Waals surface area contributed by atoms with Gasteiger partial charge in [-0.3, -0.25) is 4.79 Å². The summed E-state index contributed by atoms with van der Waals surface area (Å²) >= 11 is 2.17. The van der Waals surface area contributed by atoms with Crippen LogP contribution in [-0.4, -0.2) is 37.6 Å². The van der Waals surface area contributed by atoms with Crippen molar-refractivity contribution in [2.24, 2.45) is 0 Å². The van der Waals surface area contributed by atoms with Gasteiger partial charge in [-0.2, -0.15) is 0 Å². The molecule has 1 aromatic rings. The maximum absolute atomic E-state index is 11.8. The first-order valence-electron chi connectivity index (χ1n) is 7.57. The van der Waals surface area contributed by atoms with Gasteiger partial charge in [0.25, 0.3) is 0 Å². The molecule has 24 heavy (non-hydrogen) atoms. The number of amides is 3. The Balaban J connectivity index is 2.25. The van der Waals surface area contributed by atoms with Crippen LogP contribution in [0.2, 0.25) is 0 Å². The molecule has 1 rings (SSSR count). The highest BCUT2D eigenvalue weighted by atomic mass is 127. The van der Waals surface area contributed by atoms with Crippen molar-refractivity contribution in [3.05, 3.63) is 27.8 Å². The Hall–Kier alpha value is -1.84. The number of hydrogen-bond acceptors (Lipinski definition) is 4. The second-order valence-corrected chi connectivity index (χ2v) is 6.41. The van der Waals surface area contributed by atoms with Gasteiger partial charge in [0.2, 0.25) is 5.91 Å². The number of nitrogens with one attached hydrogen (secondary N) is 3. The quantitative estimate of drug-likeness (QED) is 0.324. The molecule has 0 bridgehead atoms. The molecule has 0 aromatic heterocycles. The topological polar surface area (TPSA) is 96.5 Å². The minimum atomic E-state index is -0.646. The minimum Gasteiger partial charge on any atom is -0.467 e. The predicted molar refractivity (Wildman–Crippen MR) is 99.7 cm³/mol. The lowest BCUT2D eigenvalue weighted by molar-refractivity contribution is -0.145. The number of halogens is 1. The van der Waals surface area contributed by atoms with Crippen molar-refractivity contribution in [3.8, 4) is 0 Å². The summed E-state index contributed by atoms with van der Waals surface area (Å²) in [6.45, 7) is 1.83. The number of methoxy groups -OCH3 is 1. The Kier molecular flexibility index (Phi) is 9.13. The van der Waals surface area contributed by atoms with Gasteiger partial charge in [-0.1, -0.05) is 6.07 Å². The molecule has 0 aliphatic heterocycles. The molecule has 0 aliphatic carbocycles. The molecule has 3 N–H and O–H groups in total. The van der Waals surface area contributed by atoms with Crippen molar-refractivity contribution >= 4 is 46.2 Å². The van der Waals surface area contributed by atoms with Crippen LogP contribution in [0.1, 0.15) is 26.2 Å². The van der Waals surface area contributed by atoms with Gasteiger partial charge >= 0.3 is 12.0 Å². The van der Waals surface area contributed by atoms with Gasteiger partial charge in [0.15, 0.2) is 0 Å². The summed E-state index contributed by atoms with van der Waals surface area (Å²) in [5, 5.41) is 8.06. The highest BCUT2D eigenvalue weighted by molar-refractivity contribution is 14.1. The Morgan fingerprint density at radius 2 is 2.00 bits per heavy atom. The standard InChI is InChI=1S/C16H22IN3O4/c1-11(21)19-14(15(22)24-2)8-3-4-9-18-16(23)20-13-7-5-6-12(17)10-13/h5-7,10,14H,3-4,8-9H2,1-2H3,(H,19,21)(H2,18,20,23). The summed E-state index contributed by atoms with van der Waals surface area (Å²) in [7, 11) is 1.29. The van der Waals surface area contributed by atoms with E-state index in [1.54, 1.807) is 0 Å². The van der Waals surface area contributed by atoms with E-state index in [0.29, 0.717) is 25.8 Å². The number of carbonyl (C=O) groups excluding carboxylic acids is 3. The number of unbranched alkanes of at least 4 members (excludes halogenated alkanes) is 1. The zero-order valence-corrected chi connectivity index (χ0v) is 15.9. The van der Waals surface area contributed by atoms with Crippen LogP contribution < -0.4 is 16.0 Å². The van der Waals surface area contributed by atoms with E-state index >= 15 is 0 Å². The van der Waals surface area contributed by atoms with E-state index in [0.717, 1.165) is 9.26 Å². The number of rotatable bonds is 8. The van der Waals surface area contributed by atoms with Crippen LogP contribution in [0.5, 0.6) is 0 Å². The molecule has 1 unspecified atom stereocenters. The summed E-state index contributed by atoms with van der Waals surface area (Å²) in [4.78, 5) is 34.4. The van der Waals surface area contributed by atoms with Crippen molar-refractivity contribution < 1.29 is 19.1 Å². The molecule has 132 valence electrons. The van der Waals surface area contributed by atoms with Crippen LogP contribution in [0.4, 0.5) is 10.5 Å². The third kappa shape index (κ3) is 8.14. The number of esters is 1. The Bertz CT molecular complexity index is 580. The molecule has 0 saturated heterocycles. The van der Waals surface area contributed by atoms with Gasteiger partial charge in [-0.25, -0.2) is 9.59 Å². The molecular formula is C16H22IN3O4. The summed E-state index contributed by atoms with van der Waals surface area (Å²) < 4.78 is 5.69. The third-order valence-electron chi connectivity index (χ3n) is 3.15. The average molecular weight is 447 g/mol. The van der Waals surface area contributed by atoms with E-state index in [1.165, 1.54) is 14.0 Å². The van der Waals surface area contributed by atoms with Gasteiger partial charge in [0, 0.05) is 22.7 Å². The number of urea groups is 1. The molecule has 0 fully saturated rings. The van der Waals surface area contributed by atoms with E-state index in [-0.39, 0.29) is 11.9 Å². The lowest BCUT2D eigenvalue weighted by atomic mass is 10.1. The summed E-state index contributed by atoms with van der Waals surface area (Å²) in [6.07, 6.45) is 1.82. The van der Waals surface area contributed by atoms with Crippen LogP contribution in [0.15, 0.2) is 24.3 Å². The zero-order valence-electron chi connectivity index (χ0n) is 13.7. The monoisotopic (exact) mass is 447 g/mol. The maximum atomic E-state index is 11.8. The van der Waals surface area contributed by atoms with Crippen LogP contribution >= 0.6 is 22.6 Å². The normalized spacial score (nSPS) is 11.3. The summed E-state index contributed by atoms with van der Waals surface area (Å²) in [5.74, 6) is -0.741. The molecule has 0 aliphatic rings. The minimum absolute atomic E-state index is 0.275. The molecule has 1 atom stereocenters. The van der Waals surface area contributed by atoms with Crippen LogP contribution in [0.25, 0.3) is 0 Å². The first-order valence-corrected chi connectivity index (χ1v) is 8.65. The molecule has 0 radical (unpaired) electrons. The van der Waals surface area contributed by atoms with Crippen molar-refractivity contribution in [2.75, 3.05) is 19.0 Å². The molecule has 7 nitrogen and oxygen atoms in total. The fourth-order valence-corrected chi connectivity index (χ4v) is 2.60. The van der Waals surface area contributed by atoms with E-state index in [1.807, 2.05) is 24.3 Å². The molecule has 1 aromatic carbocycles. The van der Waals surface area contributed by atoms with Crippen LogP contribution in [0, 0.1) is 3.57 Å². The predicted octanol–water partition coefficient (Wildman–Crippen LogP) is 2.26. The Morgan fingerprint density at radius 3 is 2.62 bits per heavy atom. The van der Waals surface area contributed by atoms with E-state index in [2.05, 4.69) is 43.3 Å². The average Bonchev–Trinajstić information content (AvgIpc) is 2.52. The Morgan fingerprint density at radius 1 is 1.25 bits per heavy atom. The molecular weight excluding hydrogens is 425 g/mol. The van der Waals surface area contributed by atoms with Crippen LogP contribution in [-0.2, 0) is 14.3 Å². The highest BCUT2D eigenvalue weighted by Gasteiger charge is 2.19. The molecule has 0 heterocycles. The maximum Gasteiger partial charge on any atom is 0.328 e. The van der Waals surface area contributed by atoms with Crippen LogP contribution in [0.3, 0.4) is 0 Å². The third-order valence-corrected chi connectivity index (χ3v) is 3.82. The second kappa shape index (κ2) is 10.8. The largest absolute Gasteiger partial charge is 0.467 e. The first kappa shape index (κ1) is 20.2. The fraction of sp³-hybridized carbons (Fsp3) is 0.438. The molecule has 0 spiro atoms. The van der Waals surface area contributed by atoms with E-state index in [4.69, 9.17) is 0 Å². The molecule has 3 amide bonds. The van der Waals surface area contributed by atoms with Crippen molar-refractivity contribution in [1.29, 1.82) is 0 Å². The van der Waals surface area contributed by atoms with Gasteiger partial charge in [-0.05, 0) is 60.1 Å². The lowest BCUT2D eigenvalue weighted by Crippen LogP contribution is -2.40. The number of hydrogen-bond donors (Lipinski definition) is 3. The summed E-state index contributed by atoms with van der Waals surface area (Å²) in [5.41, 5.74) is 0.732. The highest BCUT2D eigenvalue weighted by Crippen LogP contribution is 2.12. The molecule has 8 heteroatoms. The van der Waals surface area contributed by atoms with Gasteiger partial charge in [0.05, 0.1) is 7.11 Å². The number of anilines is 1. The van der Waals surface area contributed by atoms with Crippen molar-refractivity contribution in [2.45, 2.75) is 32.2 Å². The van der Waals surface area contributed by atoms with E-state index < -0.39 is 12.0 Å². The fourth-order valence-electron chi connectivity index (χ4n) is 2.05. The van der Waals surface area contributed by atoms with E-state index in [9.17, 15) is 14.4 Å². The van der Waals surface area contributed by atoms with Crippen molar-refractivity contribution in [1.82, 2.24) is 10.6 Å². The van der Waals surface area contributed by atoms with Gasteiger partial charge in [-0.15, -0.1) is 0 Å².